The first-order valence-corrected chi connectivity index (χ1v) is 3.56. The molecular weight excluding hydrogens is 131 g/mol. The van der Waals surface area contributed by atoms with E-state index in [2.05, 4.69) is 0 Å². The Hall–Kier alpha value is -0.0551. The highest BCUT2D eigenvalue weighted by molar-refractivity contribution is 6.40. The Labute approximate surface area is 61.8 Å². The van der Waals surface area contributed by atoms with Crippen molar-refractivity contribution in [1.29, 1.82) is 0 Å². The summed E-state index contributed by atoms with van der Waals surface area (Å²) in [6.45, 7) is 3.55. The largest absolute Gasteiger partial charge is 0.451 e. The van der Waals surface area contributed by atoms with Gasteiger partial charge in [-0.1, -0.05) is 6.92 Å². The molecule has 3 nitrogen and oxygen atoms in total. The van der Waals surface area contributed by atoms with Gasteiger partial charge in [0.05, 0.1) is 5.60 Å². The average molecular weight is 146 g/mol. The van der Waals surface area contributed by atoms with Crippen LogP contribution in [0.2, 0.25) is 6.32 Å². The van der Waals surface area contributed by atoms with Crippen LogP contribution in [-0.4, -0.2) is 27.9 Å². The van der Waals surface area contributed by atoms with Gasteiger partial charge in [0.15, 0.2) is 0 Å². The highest BCUT2D eigenvalue weighted by Gasteiger charge is 2.20. The van der Waals surface area contributed by atoms with Crippen molar-refractivity contribution >= 4 is 7.12 Å². The Morgan fingerprint density at radius 2 is 1.90 bits per heavy atom. The lowest BCUT2D eigenvalue weighted by Gasteiger charge is -2.20. The number of aliphatic hydroxyl groups is 1. The van der Waals surface area contributed by atoms with Crippen LogP contribution in [0, 0.1) is 0 Å². The topological polar surface area (TPSA) is 60.7 Å². The third-order valence-electron chi connectivity index (χ3n) is 1.70. The van der Waals surface area contributed by atoms with E-state index in [1.54, 1.807) is 6.92 Å². The standard InChI is InChI=1S/C6H15BO3/c1-3-6(2,8)4-5-7(9)10/h8-10H,3-5H2,1-2H3. The second-order valence-electron chi connectivity index (χ2n) is 2.87. The molecule has 4 heteroatoms. The van der Waals surface area contributed by atoms with Crippen molar-refractivity contribution in [3.8, 4) is 0 Å². The van der Waals surface area contributed by atoms with E-state index in [0.29, 0.717) is 12.8 Å². The molecule has 60 valence electrons. The van der Waals surface area contributed by atoms with Crippen LogP contribution in [0.3, 0.4) is 0 Å². The quantitative estimate of drug-likeness (QED) is 0.489. The fourth-order valence-electron chi connectivity index (χ4n) is 0.617. The van der Waals surface area contributed by atoms with Gasteiger partial charge in [-0.3, -0.25) is 0 Å². The van der Waals surface area contributed by atoms with Crippen molar-refractivity contribution in [2.75, 3.05) is 0 Å². The Morgan fingerprint density at radius 3 is 2.20 bits per heavy atom. The smallest absolute Gasteiger partial charge is 0.427 e. The molecule has 0 rings (SSSR count). The van der Waals surface area contributed by atoms with Crippen LogP contribution in [-0.2, 0) is 0 Å². The van der Waals surface area contributed by atoms with Crippen LogP contribution in [0.25, 0.3) is 0 Å². The number of hydrogen-bond donors (Lipinski definition) is 3. The minimum atomic E-state index is -1.29. The molecule has 0 aromatic rings. The molecular formula is C6H15BO3. The van der Waals surface area contributed by atoms with Crippen LogP contribution in [0.15, 0.2) is 0 Å². The monoisotopic (exact) mass is 146 g/mol. The van der Waals surface area contributed by atoms with Gasteiger partial charge >= 0.3 is 7.12 Å². The van der Waals surface area contributed by atoms with Gasteiger partial charge in [0.2, 0.25) is 0 Å². The molecule has 0 saturated heterocycles. The molecule has 0 fully saturated rings. The van der Waals surface area contributed by atoms with Gasteiger partial charge in [-0.15, -0.1) is 0 Å². The van der Waals surface area contributed by atoms with Gasteiger partial charge in [-0.2, -0.15) is 0 Å². The summed E-state index contributed by atoms with van der Waals surface area (Å²) in [5.41, 5.74) is -0.746. The van der Waals surface area contributed by atoms with Crippen molar-refractivity contribution < 1.29 is 15.2 Å². The third-order valence-corrected chi connectivity index (χ3v) is 1.70. The summed E-state index contributed by atoms with van der Waals surface area (Å²) in [5.74, 6) is 0. The molecule has 0 radical (unpaired) electrons. The van der Waals surface area contributed by atoms with Crippen LogP contribution < -0.4 is 0 Å². The molecule has 1 unspecified atom stereocenters. The van der Waals surface area contributed by atoms with Crippen molar-refractivity contribution in [2.24, 2.45) is 0 Å². The Balaban J connectivity index is 3.46. The van der Waals surface area contributed by atoms with E-state index in [4.69, 9.17) is 10.0 Å². The van der Waals surface area contributed by atoms with Crippen LogP contribution in [0.4, 0.5) is 0 Å². The zero-order valence-electron chi connectivity index (χ0n) is 6.54. The Bertz CT molecular complexity index is 93.0. The molecule has 0 saturated carbocycles. The molecule has 1 atom stereocenters. The summed E-state index contributed by atoms with van der Waals surface area (Å²) in [5, 5.41) is 26.3. The van der Waals surface area contributed by atoms with Crippen molar-refractivity contribution in [1.82, 2.24) is 0 Å². The molecule has 0 aliphatic rings. The maximum absolute atomic E-state index is 9.35. The molecule has 0 heterocycles. The second kappa shape index (κ2) is 3.96. The highest BCUT2D eigenvalue weighted by Crippen LogP contribution is 2.16. The molecule has 0 aliphatic heterocycles. The van der Waals surface area contributed by atoms with Crippen LogP contribution in [0.5, 0.6) is 0 Å². The lowest BCUT2D eigenvalue weighted by molar-refractivity contribution is 0.0504. The molecule has 0 bridgehead atoms. The lowest BCUT2D eigenvalue weighted by atomic mass is 9.79. The van der Waals surface area contributed by atoms with Crippen LogP contribution in [0.1, 0.15) is 26.7 Å². The van der Waals surface area contributed by atoms with Gasteiger partial charge in [-0.25, -0.2) is 0 Å². The van der Waals surface area contributed by atoms with Gasteiger partial charge < -0.3 is 15.2 Å². The first kappa shape index (κ1) is 9.94. The fraction of sp³-hybridized carbons (Fsp3) is 1.00. The van der Waals surface area contributed by atoms with Crippen molar-refractivity contribution in [3.05, 3.63) is 0 Å². The van der Waals surface area contributed by atoms with Gasteiger partial charge in [-0.05, 0) is 26.1 Å². The summed E-state index contributed by atoms with van der Waals surface area (Å²) >= 11 is 0. The summed E-state index contributed by atoms with van der Waals surface area (Å²) in [4.78, 5) is 0. The molecule has 10 heavy (non-hydrogen) atoms. The van der Waals surface area contributed by atoms with E-state index in [1.165, 1.54) is 0 Å². The van der Waals surface area contributed by atoms with E-state index < -0.39 is 12.7 Å². The molecule has 3 N–H and O–H groups in total. The number of hydrogen-bond acceptors (Lipinski definition) is 3. The summed E-state index contributed by atoms with van der Waals surface area (Å²) in [6.07, 6.45) is 1.31. The van der Waals surface area contributed by atoms with Crippen molar-refractivity contribution in [2.45, 2.75) is 38.6 Å². The summed E-state index contributed by atoms with van der Waals surface area (Å²) < 4.78 is 0. The summed E-state index contributed by atoms with van der Waals surface area (Å²) in [7, 11) is -1.29. The Morgan fingerprint density at radius 1 is 1.40 bits per heavy atom. The second-order valence-corrected chi connectivity index (χ2v) is 2.87. The molecule has 0 spiro atoms. The third kappa shape index (κ3) is 4.79. The molecule has 0 aromatic carbocycles. The van der Waals surface area contributed by atoms with E-state index in [9.17, 15) is 5.11 Å². The SMILES string of the molecule is CCC(C)(O)CCB(O)O. The highest BCUT2D eigenvalue weighted by atomic mass is 16.4. The molecule has 0 aliphatic carbocycles. The maximum Gasteiger partial charge on any atom is 0.451 e. The average Bonchev–Trinajstić information content (AvgIpc) is 1.85. The normalized spacial score (nSPS) is 16.5. The zero-order chi connectivity index (χ0) is 8.20. The minimum Gasteiger partial charge on any atom is -0.427 e. The Kier molecular flexibility index (Phi) is 3.94. The first-order chi connectivity index (χ1) is 4.48. The van der Waals surface area contributed by atoms with Gasteiger partial charge in [0, 0.05) is 0 Å². The van der Waals surface area contributed by atoms with E-state index >= 15 is 0 Å². The summed E-state index contributed by atoms with van der Waals surface area (Å²) in [6, 6.07) is 0. The first-order valence-electron chi connectivity index (χ1n) is 3.56. The maximum atomic E-state index is 9.35. The minimum absolute atomic E-state index is 0.237. The predicted octanol–water partition coefficient (Wildman–Crippen LogP) is 0.0103. The number of rotatable bonds is 4. The van der Waals surface area contributed by atoms with E-state index in [0.717, 1.165) is 0 Å². The van der Waals surface area contributed by atoms with E-state index in [-0.39, 0.29) is 6.32 Å². The zero-order valence-corrected chi connectivity index (χ0v) is 6.54. The molecule has 0 aromatic heterocycles. The predicted molar refractivity (Wildman–Crippen MR) is 40.5 cm³/mol. The fourth-order valence-corrected chi connectivity index (χ4v) is 0.617. The lowest BCUT2D eigenvalue weighted by Crippen LogP contribution is -2.25. The van der Waals surface area contributed by atoms with Crippen molar-refractivity contribution in [3.63, 3.8) is 0 Å². The van der Waals surface area contributed by atoms with Gasteiger partial charge in [0.25, 0.3) is 0 Å². The van der Waals surface area contributed by atoms with E-state index in [1.807, 2.05) is 6.92 Å². The molecule has 0 amide bonds. The van der Waals surface area contributed by atoms with Crippen LogP contribution >= 0.6 is 0 Å². The van der Waals surface area contributed by atoms with Gasteiger partial charge in [0.1, 0.15) is 0 Å².